The van der Waals surface area contributed by atoms with Crippen LogP contribution >= 0.6 is 0 Å². The summed E-state index contributed by atoms with van der Waals surface area (Å²) in [4.78, 5) is 30.0. The summed E-state index contributed by atoms with van der Waals surface area (Å²) in [7, 11) is 0. The van der Waals surface area contributed by atoms with E-state index in [0.29, 0.717) is 12.1 Å². The van der Waals surface area contributed by atoms with Crippen molar-refractivity contribution < 1.29 is 19.4 Å². The summed E-state index contributed by atoms with van der Waals surface area (Å²) in [6.07, 6.45) is 0.750. The van der Waals surface area contributed by atoms with E-state index in [1.807, 2.05) is 50.2 Å². The van der Waals surface area contributed by atoms with Crippen molar-refractivity contribution in [2.45, 2.75) is 26.3 Å². The lowest BCUT2D eigenvalue weighted by molar-refractivity contribution is -0.140. The molecule has 6 nitrogen and oxygen atoms in total. The quantitative estimate of drug-likeness (QED) is 0.428. The Balaban J connectivity index is 1.66. The molecule has 2 saturated heterocycles. The normalized spacial score (nSPS) is 21.3. The number of aliphatic hydroxyl groups is 1. The smallest absolute Gasteiger partial charge is 0.295 e. The van der Waals surface area contributed by atoms with Gasteiger partial charge in [-0.2, -0.15) is 0 Å². The zero-order chi connectivity index (χ0) is 22.7. The molecule has 0 aromatic heterocycles. The van der Waals surface area contributed by atoms with Gasteiger partial charge in [0, 0.05) is 31.7 Å². The maximum atomic E-state index is 13.1. The van der Waals surface area contributed by atoms with Gasteiger partial charge in [0.2, 0.25) is 0 Å². The molecule has 0 unspecified atom stereocenters. The number of carbonyl (C=O) groups is 2. The van der Waals surface area contributed by atoms with Crippen molar-refractivity contribution in [2.75, 3.05) is 39.4 Å². The first kappa shape index (κ1) is 22.2. The number of ether oxygens (including phenoxy) is 1. The number of carbonyl (C=O) groups excluding carboxylic acids is 2. The molecular formula is C26H30N2O4. The Morgan fingerprint density at radius 3 is 2.16 bits per heavy atom. The lowest BCUT2D eigenvalue weighted by Crippen LogP contribution is -2.38. The predicted octanol–water partition coefficient (Wildman–Crippen LogP) is 3.45. The van der Waals surface area contributed by atoms with Crippen LogP contribution in [0.15, 0.2) is 54.1 Å². The van der Waals surface area contributed by atoms with E-state index in [-0.39, 0.29) is 11.3 Å². The molecule has 2 fully saturated rings. The average Bonchev–Trinajstić information content (AvgIpc) is 3.05. The van der Waals surface area contributed by atoms with Gasteiger partial charge in [-0.15, -0.1) is 0 Å². The number of hydrogen-bond donors (Lipinski definition) is 1. The molecule has 2 aromatic carbocycles. The van der Waals surface area contributed by atoms with Crippen LogP contribution in [0.1, 0.15) is 34.7 Å². The van der Waals surface area contributed by atoms with Crippen molar-refractivity contribution >= 4 is 17.4 Å². The summed E-state index contributed by atoms with van der Waals surface area (Å²) in [6, 6.07) is 14.5. The van der Waals surface area contributed by atoms with Gasteiger partial charge in [-0.25, -0.2) is 0 Å². The fourth-order valence-electron chi connectivity index (χ4n) is 4.36. The Hall–Kier alpha value is -2.96. The lowest BCUT2D eigenvalue weighted by atomic mass is 9.94. The molecule has 2 aliphatic rings. The highest BCUT2D eigenvalue weighted by atomic mass is 16.5. The van der Waals surface area contributed by atoms with Gasteiger partial charge < -0.3 is 14.7 Å². The number of likely N-dealkylation sites (tertiary alicyclic amines) is 1. The van der Waals surface area contributed by atoms with Crippen LogP contribution in [0.2, 0.25) is 0 Å². The third-order valence-corrected chi connectivity index (χ3v) is 6.24. The molecule has 0 bridgehead atoms. The van der Waals surface area contributed by atoms with E-state index >= 15 is 0 Å². The molecule has 0 spiro atoms. The highest BCUT2D eigenvalue weighted by Gasteiger charge is 2.45. The van der Waals surface area contributed by atoms with Crippen molar-refractivity contribution in [3.63, 3.8) is 0 Å². The van der Waals surface area contributed by atoms with Gasteiger partial charge in [0.15, 0.2) is 0 Å². The first-order valence-electron chi connectivity index (χ1n) is 11.2. The van der Waals surface area contributed by atoms with Crippen LogP contribution < -0.4 is 0 Å². The number of rotatable bonds is 6. The maximum absolute atomic E-state index is 13.1. The molecular weight excluding hydrogens is 404 g/mol. The maximum Gasteiger partial charge on any atom is 0.295 e. The third kappa shape index (κ3) is 4.61. The molecule has 4 rings (SSSR count). The SMILES string of the molecule is Cc1ccc(/C(O)=C2\C(=O)C(=O)N(CCCN3CCOCC3)[C@@H]2c2ccc(C)cc2)cc1. The molecule has 1 N–H and O–H groups in total. The topological polar surface area (TPSA) is 70.1 Å². The van der Waals surface area contributed by atoms with E-state index in [0.717, 1.165) is 56.0 Å². The van der Waals surface area contributed by atoms with Crippen molar-refractivity contribution in [2.24, 2.45) is 0 Å². The lowest BCUT2D eigenvalue weighted by Gasteiger charge is -2.29. The van der Waals surface area contributed by atoms with Gasteiger partial charge in [0.25, 0.3) is 11.7 Å². The van der Waals surface area contributed by atoms with Crippen molar-refractivity contribution in [3.8, 4) is 0 Å². The molecule has 2 heterocycles. The van der Waals surface area contributed by atoms with Crippen molar-refractivity contribution in [1.29, 1.82) is 0 Å². The summed E-state index contributed by atoms with van der Waals surface area (Å²) in [5.41, 5.74) is 3.68. The van der Waals surface area contributed by atoms with Crippen LogP contribution in [0.3, 0.4) is 0 Å². The second-order valence-corrected chi connectivity index (χ2v) is 8.58. The number of hydrogen-bond acceptors (Lipinski definition) is 5. The second kappa shape index (κ2) is 9.67. The van der Waals surface area contributed by atoms with Gasteiger partial charge in [0.05, 0.1) is 24.8 Å². The van der Waals surface area contributed by atoms with Crippen LogP contribution in [0.4, 0.5) is 0 Å². The molecule has 1 atom stereocenters. The Morgan fingerprint density at radius 1 is 0.938 bits per heavy atom. The Bertz CT molecular complexity index is 1010. The van der Waals surface area contributed by atoms with E-state index < -0.39 is 17.7 Å². The van der Waals surface area contributed by atoms with Gasteiger partial charge >= 0.3 is 0 Å². The fraction of sp³-hybridized carbons (Fsp3) is 0.385. The number of nitrogens with zero attached hydrogens (tertiary/aromatic N) is 2. The fourth-order valence-corrected chi connectivity index (χ4v) is 4.36. The van der Waals surface area contributed by atoms with Gasteiger partial charge in [0.1, 0.15) is 5.76 Å². The minimum Gasteiger partial charge on any atom is -0.507 e. The molecule has 0 saturated carbocycles. The summed E-state index contributed by atoms with van der Waals surface area (Å²) in [5, 5.41) is 11.1. The largest absolute Gasteiger partial charge is 0.507 e. The van der Waals surface area contributed by atoms with E-state index in [1.165, 1.54) is 0 Å². The van der Waals surface area contributed by atoms with Crippen LogP contribution in [0, 0.1) is 13.8 Å². The van der Waals surface area contributed by atoms with Crippen LogP contribution in [0.5, 0.6) is 0 Å². The molecule has 2 aromatic rings. The number of benzene rings is 2. The molecule has 1 amide bonds. The predicted molar refractivity (Wildman–Crippen MR) is 123 cm³/mol. The van der Waals surface area contributed by atoms with Crippen molar-refractivity contribution in [3.05, 3.63) is 76.4 Å². The Morgan fingerprint density at radius 2 is 1.53 bits per heavy atom. The second-order valence-electron chi connectivity index (χ2n) is 8.58. The number of aliphatic hydroxyl groups excluding tert-OH is 1. The number of aryl methyl sites for hydroxylation is 2. The number of amides is 1. The van der Waals surface area contributed by atoms with Gasteiger partial charge in [-0.1, -0.05) is 59.7 Å². The minimum absolute atomic E-state index is 0.121. The van der Waals surface area contributed by atoms with E-state index in [2.05, 4.69) is 4.90 Å². The molecule has 6 heteroatoms. The van der Waals surface area contributed by atoms with Gasteiger partial charge in [-0.05, 0) is 25.8 Å². The summed E-state index contributed by atoms with van der Waals surface area (Å²) < 4.78 is 5.40. The van der Waals surface area contributed by atoms with Crippen molar-refractivity contribution in [1.82, 2.24) is 9.80 Å². The summed E-state index contributed by atoms with van der Waals surface area (Å²) in [6.45, 7) is 8.46. The van der Waals surface area contributed by atoms with Crippen LogP contribution in [-0.2, 0) is 14.3 Å². The average molecular weight is 435 g/mol. The molecule has 0 radical (unpaired) electrons. The monoisotopic (exact) mass is 434 g/mol. The van der Waals surface area contributed by atoms with E-state index in [4.69, 9.17) is 4.74 Å². The number of ketones is 1. The Labute approximate surface area is 189 Å². The first-order valence-corrected chi connectivity index (χ1v) is 11.2. The van der Waals surface area contributed by atoms with Crippen LogP contribution in [0.25, 0.3) is 5.76 Å². The summed E-state index contributed by atoms with van der Waals surface area (Å²) >= 11 is 0. The molecule has 0 aliphatic carbocycles. The minimum atomic E-state index is -0.625. The summed E-state index contributed by atoms with van der Waals surface area (Å²) in [5.74, 6) is -1.30. The third-order valence-electron chi connectivity index (χ3n) is 6.24. The molecule has 168 valence electrons. The molecule has 2 aliphatic heterocycles. The van der Waals surface area contributed by atoms with Crippen LogP contribution in [-0.4, -0.2) is 66.0 Å². The van der Waals surface area contributed by atoms with Gasteiger partial charge in [-0.3, -0.25) is 14.5 Å². The molecule has 32 heavy (non-hydrogen) atoms. The van der Waals surface area contributed by atoms with E-state index in [9.17, 15) is 14.7 Å². The van der Waals surface area contributed by atoms with E-state index in [1.54, 1.807) is 17.0 Å². The highest BCUT2D eigenvalue weighted by Crippen LogP contribution is 2.39. The highest BCUT2D eigenvalue weighted by molar-refractivity contribution is 6.46. The Kier molecular flexibility index (Phi) is 6.72. The number of morpholine rings is 1. The zero-order valence-electron chi connectivity index (χ0n) is 18.7. The zero-order valence-corrected chi connectivity index (χ0v) is 18.7. The first-order chi connectivity index (χ1) is 15.5. The standard InChI is InChI=1S/C26H30N2O4/c1-18-4-8-20(9-5-18)23-22(24(29)21-10-6-19(2)7-11-21)25(30)26(31)28(23)13-3-12-27-14-16-32-17-15-27/h4-11,23,29H,3,12-17H2,1-2H3/b24-22+/t23-/m1/s1. The number of Topliss-reactive ketones (excluding diaryl/α,β-unsaturated/α-hetero) is 1.